The number of terminal acetylenes is 1. The van der Waals surface area contributed by atoms with Crippen LogP contribution in [0.5, 0.6) is 5.75 Å². The van der Waals surface area contributed by atoms with Crippen LogP contribution < -0.4 is 5.56 Å². The van der Waals surface area contributed by atoms with Crippen molar-refractivity contribution >= 4 is 20.7 Å². The third-order valence-electron chi connectivity index (χ3n) is 2.72. The van der Waals surface area contributed by atoms with Gasteiger partial charge in [-0.1, -0.05) is 18.1 Å². The van der Waals surface area contributed by atoms with E-state index in [1.54, 1.807) is 18.2 Å². The molecule has 0 aliphatic heterocycles. The minimum Gasteiger partial charge on any atom is -0.506 e. The first-order chi connectivity index (χ1) is 8.88. The van der Waals surface area contributed by atoms with Crippen LogP contribution in [0.25, 0.3) is 10.9 Å². The van der Waals surface area contributed by atoms with E-state index in [0.717, 1.165) is 10.8 Å². The molecule has 1 aromatic carbocycles. The molecule has 0 saturated heterocycles. The highest BCUT2D eigenvalue weighted by Crippen LogP contribution is 2.28. The van der Waals surface area contributed by atoms with Crippen LogP contribution in [0.1, 0.15) is 0 Å². The molecule has 0 aliphatic carbocycles. The maximum Gasteiger partial charge on any atom is 0.274 e. The van der Waals surface area contributed by atoms with Crippen molar-refractivity contribution in [1.82, 2.24) is 4.57 Å². The van der Waals surface area contributed by atoms with Gasteiger partial charge in [-0.3, -0.25) is 9.36 Å². The van der Waals surface area contributed by atoms with Gasteiger partial charge in [-0.25, -0.2) is 8.42 Å². The lowest BCUT2D eigenvalue weighted by atomic mass is 10.2. The Kier molecular flexibility index (Phi) is 3.08. The van der Waals surface area contributed by atoms with Crippen LogP contribution in [0.4, 0.5) is 0 Å². The number of aromatic nitrogens is 1. The minimum absolute atomic E-state index is 0.0673. The summed E-state index contributed by atoms with van der Waals surface area (Å²) in [4.78, 5) is 11.5. The minimum atomic E-state index is -3.85. The average molecular weight is 277 g/mol. The lowest BCUT2D eigenvalue weighted by molar-refractivity contribution is 0.461. The van der Waals surface area contributed by atoms with Crippen LogP contribution in [0.2, 0.25) is 0 Å². The summed E-state index contributed by atoms with van der Waals surface area (Å²) in [7, 11) is -3.85. The van der Waals surface area contributed by atoms with Crippen molar-refractivity contribution in [2.45, 2.75) is 11.4 Å². The molecule has 0 unspecified atom stereocenters. The fraction of sp³-hybridized carbons (Fsp3) is 0.154. The standard InChI is InChI=1S/C13H11NO4S/c1-3-8-14-10-7-5-4-6-9(10)11(15)12(13(14)16)19(2,17)18/h1,4-7,15H,8H2,2H3. The van der Waals surface area contributed by atoms with Gasteiger partial charge < -0.3 is 5.11 Å². The zero-order chi connectivity index (χ0) is 14.2. The Labute approximate surface area is 110 Å². The number of rotatable bonds is 2. The van der Waals surface area contributed by atoms with Crippen molar-refractivity contribution in [3.05, 3.63) is 34.6 Å². The molecule has 0 fully saturated rings. The first-order valence-corrected chi connectivity index (χ1v) is 7.25. The zero-order valence-corrected chi connectivity index (χ0v) is 10.9. The quantitative estimate of drug-likeness (QED) is 0.822. The predicted octanol–water partition coefficient (Wildman–Crippen LogP) is 0.744. The smallest absolute Gasteiger partial charge is 0.274 e. The first-order valence-electron chi connectivity index (χ1n) is 5.36. The average Bonchev–Trinajstić information content (AvgIpc) is 2.33. The van der Waals surface area contributed by atoms with Gasteiger partial charge in [0.25, 0.3) is 5.56 Å². The number of sulfone groups is 1. The molecular weight excluding hydrogens is 266 g/mol. The highest BCUT2D eigenvalue weighted by atomic mass is 32.2. The van der Waals surface area contributed by atoms with E-state index in [1.807, 2.05) is 0 Å². The van der Waals surface area contributed by atoms with Crippen molar-refractivity contribution < 1.29 is 13.5 Å². The molecule has 2 rings (SSSR count). The van der Waals surface area contributed by atoms with E-state index in [4.69, 9.17) is 6.42 Å². The molecule has 98 valence electrons. The highest BCUT2D eigenvalue weighted by Gasteiger charge is 2.23. The number of hydrogen-bond acceptors (Lipinski definition) is 4. The fourth-order valence-electron chi connectivity index (χ4n) is 1.95. The molecule has 0 amide bonds. The number of pyridine rings is 1. The van der Waals surface area contributed by atoms with Crippen molar-refractivity contribution in [2.75, 3.05) is 6.26 Å². The monoisotopic (exact) mass is 277 g/mol. The van der Waals surface area contributed by atoms with Crippen molar-refractivity contribution in [2.24, 2.45) is 0 Å². The molecule has 1 aromatic heterocycles. The lowest BCUT2D eigenvalue weighted by Gasteiger charge is -2.11. The van der Waals surface area contributed by atoms with E-state index in [0.29, 0.717) is 5.52 Å². The van der Waals surface area contributed by atoms with Crippen molar-refractivity contribution in [1.29, 1.82) is 0 Å². The molecule has 0 atom stereocenters. The van der Waals surface area contributed by atoms with E-state index in [1.165, 1.54) is 6.07 Å². The summed E-state index contributed by atoms with van der Waals surface area (Å²) >= 11 is 0. The van der Waals surface area contributed by atoms with Crippen LogP contribution in [-0.4, -0.2) is 24.3 Å². The van der Waals surface area contributed by atoms with Gasteiger partial charge in [0.2, 0.25) is 0 Å². The van der Waals surface area contributed by atoms with Crippen LogP contribution in [0.3, 0.4) is 0 Å². The largest absolute Gasteiger partial charge is 0.506 e. The number of hydrogen-bond donors (Lipinski definition) is 1. The van der Waals surface area contributed by atoms with Gasteiger partial charge in [-0.2, -0.15) is 0 Å². The summed E-state index contributed by atoms with van der Waals surface area (Å²) in [6, 6.07) is 6.44. The normalized spacial score (nSPS) is 11.4. The summed E-state index contributed by atoms with van der Waals surface area (Å²) in [5.41, 5.74) is -0.410. The third-order valence-corrected chi connectivity index (χ3v) is 3.83. The molecule has 1 N–H and O–H groups in total. The fourth-order valence-corrected chi connectivity index (χ4v) is 2.84. The summed E-state index contributed by atoms with van der Waals surface area (Å²) in [5, 5.41) is 10.3. The molecule has 2 aromatic rings. The van der Waals surface area contributed by atoms with Crippen LogP contribution in [-0.2, 0) is 16.4 Å². The first kappa shape index (κ1) is 13.2. The Morgan fingerprint density at radius 1 is 1.37 bits per heavy atom. The Morgan fingerprint density at radius 3 is 2.58 bits per heavy atom. The third kappa shape index (κ3) is 2.09. The molecule has 0 aliphatic rings. The highest BCUT2D eigenvalue weighted by molar-refractivity contribution is 7.90. The molecule has 0 saturated carbocycles. The van der Waals surface area contributed by atoms with Gasteiger partial charge >= 0.3 is 0 Å². The Hall–Kier alpha value is -2.26. The second-order valence-electron chi connectivity index (χ2n) is 4.06. The van der Waals surface area contributed by atoms with Crippen LogP contribution in [0, 0.1) is 12.3 Å². The molecule has 19 heavy (non-hydrogen) atoms. The van der Waals surface area contributed by atoms with Gasteiger partial charge in [0.15, 0.2) is 14.7 Å². The van der Waals surface area contributed by atoms with Gasteiger partial charge in [-0.15, -0.1) is 6.42 Å². The molecule has 5 nitrogen and oxygen atoms in total. The summed E-state index contributed by atoms with van der Waals surface area (Å²) < 4.78 is 24.5. The maximum atomic E-state index is 12.2. The number of para-hydroxylation sites is 1. The van der Waals surface area contributed by atoms with Crippen molar-refractivity contribution in [3.63, 3.8) is 0 Å². The maximum absolute atomic E-state index is 12.2. The van der Waals surface area contributed by atoms with E-state index in [2.05, 4.69) is 5.92 Å². The molecule has 0 spiro atoms. The molecule has 0 radical (unpaired) electrons. The number of benzene rings is 1. The van der Waals surface area contributed by atoms with Crippen LogP contribution in [0.15, 0.2) is 34.0 Å². The number of fused-ring (bicyclic) bond motifs is 1. The summed E-state index contributed by atoms with van der Waals surface area (Å²) in [6.07, 6.45) is 6.07. The second-order valence-corrected chi connectivity index (χ2v) is 6.02. The second kappa shape index (κ2) is 4.44. The molecule has 6 heteroatoms. The SMILES string of the molecule is C#CCn1c(=O)c(S(C)(=O)=O)c(O)c2ccccc21. The van der Waals surface area contributed by atoms with Gasteiger partial charge in [0.1, 0.15) is 5.75 Å². The topological polar surface area (TPSA) is 76.4 Å². The van der Waals surface area contributed by atoms with E-state index in [9.17, 15) is 18.3 Å². The molecular formula is C13H11NO4S. The zero-order valence-electron chi connectivity index (χ0n) is 10.1. The van der Waals surface area contributed by atoms with E-state index >= 15 is 0 Å². The Morgan fingerprint density at radius 2 is 2.00 bits per heavy atom. The number of aromatic hydroxyl groups is 1. The Bertz CT molecular complexity index is 857. The lowest BCUT2D eigenvalue weighted by Crippen LogP contribution is -2.26. The van der Waals surface area contributed by atoms with Crippen molar-refractivity contribution in [3.8, 4) is 18.1 Å². The molecule has 1 heterocycles. The molecule has 0 bridgehead atoms. The van der Waals surface area contributed by atoms with Crippen LogP contribution >= 0.6 is 0 Å². The van der Waals surface area contributed by atoms with E-state index < -0.39 is 26.0 Å². The Balaban J connectivity index is 3.10. The van der Waals surface area contributed by atoms with Gasteiger partial charge in [0.05, 0.1) is 12.1 Å². The van der Waals surface area contributed by atoms with Gasteiger partial charge in [-0.05, 0) is 12.1 Å². The van der Waals surface area contributed by atoms with Gasteiger partial charge in [0, 0.05) is 11.6 Å². The number of nitrogens with zero attached hydrogens (tertiary/aromatic N) is 1. The predicted molar refractivity (Wildman–Crippen MR) is 71.8 cm³/mol. The van der Waals surface area contributed by atoms with E-state index in [-0.39, 0.29) is 11.9 Å². The summed E-state index contributed by atoms with van der Waals surface area (Å²) in [6.45, 7) is -0.0673. The summed E-state index contributed by atoms with van der Waals surface area (Å²) in [5.74, 6) is 1.77.